The van der Waals surface area contributed by atoms with E-state index in [-0.39, 0.29) is 0 Å². The molecule has 6 heteroatoms. The minimum Gasteiger partial charge on any atom is -0.497 e. The van der Waals surface area contributed by atoms with E-state index in [4.69, 9.17) is 34.3 Å². The fourth-order valence-electron chi connectivity index (χ4n) is 1.75. The summed E-state index contributed by atoms with van der Waals surface area (Å²) in [7, 11) is 1.60. The molecule has 2 rings (SSSR count). The highest BCUT2D eigenvalue weighted by Gasteiger charge is 2.11. The molecule has 0 spiro atoms. The summed E-state index contributed by atoms with van der Waals surface area (Å²) in [6.07, 6.45) is 0. The van der Waals surface area contributed by atoms with Crippen LogP contribution in [0.5, 0.6) is 5.75 Å². The second kappa shape index (κ2) is 6.43. The lowest BCUT2D eigenvalue weighted by Gasteiger charge is -2.14. The molecular formula is C14H12BrClN2OS. The SMILES string of the molecule is COc1ccc(Cl)c(Nc2cccc(Br)c2C(N)=S)c1. The van der Waals surface area contributed by atoms with Gasteiger partial charge in [-0.15, -0.1) is 0 Å². The molecule has 0 aliphatic heterocycles. The Morgan fingerprint density at radius 1 is 1.30 bits per heavy atom. The van der Waals surface area contributed by atoms with Crippen molar-refractivity contribution < 1.29 is 4.74 Å². The molecule has 0 saturated heterocycles. The van der Waals surface area contributed by atoms with Crippen molar-refractivity contribution in [1.29, 1.82) is 0 Å². The van der Waals surface area contributed by atoms with Gasteiger partial charge < -0.3 is 15.8 Å². The lowest BCUT2D eigenvalue weighted by molar-refractivity contribution is 0.415. The quantitative estimate of drug-likeness (QED) is 0.777. The van der Waals surface area contributed by atoms with Crippen LogP contribution in [0.3, 0.4) is 0 Å². The Balaban J connectivity index is 2.45. The first-order valence-electron chi connectivity index (χ1n) is 5.72. The van der Waals surface area contributed by atoms with E-state index in [9.17, 15) is 0 Å². The molecule has 3 N–H and O–H groups in total. The van der Waals surface area contributed by atoms with Crippen molar-refractivity contribution in [3.8, 4) is 5.75 Å². The summed E-state index contributed by atoms with van der Waals surface area (Å²) in [5.41, 5.74) is 8.01. The van der Waals surface area contributed by atoms with Gasteiger partial charge in [-0.25, -0.2) is 0 Å². The molecule has 0 unspecified atom stereocenters. The Morgan fingerprint density at radius 3 is 2.70 bits per heavy atom. The van der Waals surface area contributed by atoms with E-state index in [1.165, 1.54) is 0 Å². The smallest absolute Gasteiger partial charge is 0.121 e. The lowest BCUT2D eigenvalue weighted by atomic mass is 10.1. The average Bonchev–Trinajstić information content (AvgIpc) is 2.41. The van der Waals surface area contributed by atoms with Crippen molar-refractivity contribution in [2.45, 2.75) is 0 Å². The molecule has 0 aliphatic rings. The largest absolute Gasteiger partial charge is 0.497 e. The molecule has 104 valence electrons. The first kappa shape index (κ1) is 15.1. The van der Waals surface area contributed by atoms with Gasteiger partial charge in [0.2, 0.25) is 0 Å². The van der Waals surface area contributed by atoms with Crippen LogP contribution < -0.4 is 15.8 Å². The fourth-order valence-corrected chi connectivity index (χ4v) is 2.85. The lowest BCUT2D eigenvalue weighted by Crippen LogP contribution is -2.12. The number of anilines is 2. The topological polar surface area (TPSA) is 47.3 Å². The average molecular weight is 372 g/mol. The third-order valence-corrected chi connectivity index (χ3v) is 3.90. The minimum absolute atomic E-state index is 0.305. The van der Waals surface area contributed by atoms with Crippen molar-refractivity contribution >= 4 is 56.1 Å². The molecule has 0 aromatic heterocycles. The van der Waals surface area contributed by atoms with Gasteiger partial charge in [0.15, 0.2) is 0 Å². The highest BCUT2D eigenvalue weighted by molar-refractivity contribution is 9.10. The van der Waals surface area contributed by atoms with Crippen molar-refractivity contribution in [2.75, 3.05) is 12.4 Å². The van der Waals surface area contributed by atoms with Gasteiger partial charge >= 0.3 is 0 Å². The molecule has 0 radical (unpaired) electrons. The van der Waals surface area contributed by atoms with E-state index >= 15 is 0 Å². The third-order valence-electron chi connectivity index (χ3n) is 2.70. The Hall–Kier alpha value is -1.30. The summed E-state index contributed by atoms with van der Waals surface area (Å²) in [4.78, 5) is 0.305. The maximum Gasteiger partial charge on any atom is 0.121 e. The van der Waals surface area contributed by atoms with Gasteiger partial charge in [0.25, 0.3) is 0 Å². The van der Waals surface area contributed by atoms with Gasteiger partial charge in [-0.3, -0.25) is 0 Å². The molecule has 0 heterocycles. The maximum atomic E-state index is 6.18. The van der Waals surface area contributed by atoms with E-state index in [0.29, 0.717) is 15.8 Å². The molecule has 0 fully saturated rings. The summed E-state index contributed by atoms with van der Waals surface area (Å²) >= 11 is 14.7. The second-order valence-corrected chi connectivity index (χ2v) is 5.70. The van der Waals surface area contributed by atoms with Crippen LogP contribution >= 0.6 is 39.7 Å². The molecular weight excluding hydrogens is 360 g/mol. The number of benzene rings is 2. The highest BCUT2D eigenvalue weighted by Crippen LogP contribution is 2.32. The van der Waals surface area contributed by atoms with Gasteiger partial charge in [0.05, 0.1) is 17.8 Å². The number of methoxy groups -OCH3 is 1. The Labute approximate surface area is 136 Å². The third kappa shape index (κ3) is 3.23. The van der Waals surface area contributed by atoms with Crippen molar-refractivity contribution in [1.82, 2.24) is 0 Å². The van der Waals surface area contributed by atoms with Crippen LogP contribution in [0.1, 0.15) is 5.56 Å². The predicted octanol–water partition coefficient (Wildman–Crippen LogP) is 4.49. The number of nitrogens with one attached hydrogen (secondary N) is 1. The standard InChI is InChI=1S/C14H12BrClN2OS/c1-19-8-5-6-10(16)12(7-8)18-11-4-2-3-9(15)13(11)14(17)20/h2-7,18H,1H3,(H2,17,20). The molecule has 2 aromatic carbocycles. The Morgan fingerprint density at radius 2 is 2.05 bits per heavy atom. The van der Waals surface area contributed by atoms with E-state index in [2.05, 4.69) is 21.2 Å². The molecule has 20 heavy (non-hydrogen) atoms. The zero-order chi connectivity index (χ0) is 14.7. The normalized spacial score (nSPS) is 10.2. The number of nitrogens with two attached hydrogens (primary N) is 1. The van der Waals surface area contributed by atoms with Crippen LogP contribution in [-0.2, 0) is 0 Å². The summed E-state index contributed by atoms with van der Waals surface area (Å²) in [6, 6.07) is 11.0. The number of hydrogen-bond acceptors (Lipinski definition) is 3. The number of hydrogen-bond donors (Lipinski definition) is 2. The summed E-state index contributed by atoms with van der Waals surface area (Å²) < 4.78 is 6.02. The molecule has 3 nitrogen and oxygen atoms in total. The molecule has 0 aliphatic carbocycles. The monoisotopic (exact) mass is 370 g/mol. The van der Waals surface area contributed by atoms with E-state index in [1.54, 1.807) is 19.2 Å². The number of halogens is 2. The molecule has 0 bridgehead atoms. The Kier molecular flexibility index (Phi) is 4.86. The molecule has 0 amide bonds. The van der Waals surface area contributed by atoms with E-state index in [0.717, 1.165) is 21.4 Å². The van der Waals surface area contributed by atoms with Crippen LogP contribution in [0, 0.1) is 0 Å². The molecule has 0 atom stereocenters. The van der Waals surface area contributed by atoms with Crippen LogP contribution in [0.15, 0.2) is 40.9 Å². The van der Waals surface area contributed by atoms with Gasteiger partial charge in [0.1, 0.15) is 10.7 Å². The van der Waals surface area contributed by atoms with Crippen molar-refractivity contribution in [3.05, 3.63) is 51.5 Å². The molecule has 0 saturated carbocycles. The fraction of sp³-hybridized carbons (Fsp3) is 0.0714. The summed E-state index contributed by atoms with van der Waals surface area (Å²) in [5, 5.41) is 3.81. The Bertz CT molecular complexity index is 664. The van der Waals surface area contributed by atoms with Crippen molar-refractivity contribution in [3.63, 3.8) is 0 Å². The summed E-state index contributed by atoms with van der Waals surface area (Å²) in [6.45, 7) is 0. The van der Waals surface area contributed by atoms with Gasteiger partial charge in [-0.2, -0.15) is 0 Å². The summed E-state index contributed by atoms with van der Waals surface area (Å²) in [5.74, 6) is 0.712. The van der Waals surface area contributed by atoms with Crippen molar-refractivity contribution in [2.24, 2.45) is 5.73 Å². The predicted molar refractivity (Wildman–Crippen MR) is 91.3 cm³/mol. The number of ether oxygens (including phenoxy) is 1. The van der Waals surface area contributed by atoms with Gasteiger partial charge in [-0.1, -0.05) is 29.9 Å². The highest BCUT2D eigenvalue weighted by atomic mass is 79.9. The zero-order valence-corrected chi connectivity index (χ0v) is 13.8. The van der Waals surface area contributed by atoms with Crippen LogP contribution in [0.4, 0.5) is 11.4 Å². The molecule has 2 aromatic rings. The zero-order valence-electron chi connectivity index (χ0n) is 10.6. The van der Waals surface area contributed by atoms with E-state index in [1.807, 2.05) is 24.3 Å². The van der Waals surface area contributed by atoms with Crippen LogP contribution in [-0.4, -0.2) is 12.1 Å². The van der Waals surface area contributed by atoms with Crippen LogP contribution in [0.2, 0.25) is 5.02 Å². The number of thiocarbonyl (C=S) groups is 1. The minimum atomic E-state index is 0.305. The maximum absolute atomic E-state index is 6.18. The first-order chi connectivity index (χ1) is 9.52. The van der Waals surface area contributed by atoms with Gasteiger partial charge in [0, 0.05) is 21.8 Å². The number of rotatable bonds is 4. The van der Waals surface area contributed by atoms with E-state index < -0.39 is 0 Å². The first-order valence-corrected chi connectivity index (χ1v) is 7.29. The van der Waals surface area contributed by atoms with Gasteiger partial charge in [-0.05, 0) is 40.2 Å². The van der Waals surface area contributed by atoms with Crippen LogP contribution in [0.25, 0.3) is 0 Å². The second-order valence-electron chi connectivity index (χ2n) is 4.00.